The zero-order valence-electron chi connectivity index (χ0n) is 20.1. The van der Waals surface area contributed by atoms with E-state index in [-0.39, 0.29) is 18.0 Å². The first-order valence-corrected chi connectivity index (χ1v) is 11.8. The summed E-state index contributed by atoms with van der Waals surface area (Å²) < 4.78 is 5.80. The van der Waals surface area contributed by atoms with Crippen LogP contribution in [0.2, 0.25) is 0 Å². The van der Waals surface area contributed by atoms with Crippen molar-refractivity contribution in [2.45, 2.75) is 32.5 Å². The fourth-order valence-corrected chi connectivity index (χ4v) is 4.50. The third kappa shape index (κ3) is 6.68. The summed E-state index contributed by atoms with van der Waals surface area (Å²) in [5.41, 5.74) is 2.11. The summed E-state index contributed by atoms with van der Waals surface area (Å²) >= 11 is 0. The van der Waals surface area contributed by atoms with Crippen molar-refractivity contribution in [1.29, 1.82) is 0 Å². The highest BCUT2D eigenvalue weighted by molar-refractivity contribution is 5.92. The first-order valence-electron chi connectivity index (χ1n) is 11.8. The molecular formula is C28H31N3O4. The summed E-state index contributed by atoms with van der Waals surface area (Å²) in [4.78, 5) is 28.3. The quantitative estimate of drug-likeness (QED) is 0.493. The molecule has 1 heterocycles. The molecule has 1 aliphatic heterocycles. The van der Waals surface area contributed by atoms with E-state index in [1.54, 1.807) is 12.1 Å². The molecule has 1 aliphatic rings. The maximum absolute atomic E-state index is 12.7. The number of carboxylic acid groups (broad SMARTS) is 1. The second-order valence-electron chi connectivity index (χ2n) is 9.05. The van der Waals surface area contributed by atoms with Gasteiger partial charge in [-0.25, -0.2) is 4.79 Å². The predicted octanol–water partition coefficient (Wildman–Crippen LogP) is 4.71. The van der Waals surface area contributed by atoms with Gasteiger partial charge in [0.15, 0.2) is 0 Å². The molecular weight excluding hydrogens is 442 g/mol. The zero-order valence-corrected chi connectivity index (χ0v) is 20.1. The van der Waals surface area contributed by atoms with Gasteiger partial charge in [-0.3, -0.25) is 14.6 Å². The number of anilines is 1. The minimum Gasteiger partial charge on any atom is -0.478 e. The molecule has 2 unspecified atom stereocenters. The lowest BCUT2D eigenvalue weighted by Gasteiger charge is -2.44. The van der Waals surface area contributed by atoms with Gasteiger partial charge in [0.05, 0.1) is 12.1 Å². The number of amides is 1. The van der Waals surface area contributed by atoms with Crippen LogP contribution in [-0.4, -0.2) is 58.5 Å². The van der Waals surface area contributed by atoms with Gasteiger partial charge < -0.3 is 15.2 Å². The molecule has 7 nitrogen and oxygen atoms in total. The number of aromatic carboxylic acids is 1. The Morgan fingerprint density at radius 3 is 2.09 bits per heavy atom. The van der Waals surface area contributed by atoms with Crippen molar-refractivity contribution in [3.05, 3.63) is 90.0 Å². The molecule has 2 atom stereocenters. The van der Waals surface area contributed by atoms with E-state index >= 15 is 0 Å². The molecule has 7 heteroatoms. The lowest BCUT2D eigenvalue weighted by molar-refractivity contribution is -0.118. The minimum atomic E-state index is -0.915. The normalized spacial score (nSPS) is 18.7. The van der Waals surface area contributed by atoms with Gasteiger partial charge in [0.1, 0.15) is 11.5 Å². The van der Waals surface area contributed by atoms with Crippen LogP contribution in [0.4, 0.5) is 5.69 Å². The average molecular weight is 474 g/mol. The fourth-order valence-electron chi connectivity index (χ4n) is 4.50. The van der Waals surface area contributed by atoms with Crippen LogP contribution in [0.25, 0.3) is 0 Å². The maximum Gasteiger partial charge on any atom is 0.335 e. The average Bonchev–Trinajstić information content (AvgIpc) is 2.83. The number of ether oxygens (including phenoxy) is 1. The van der Waals surface area contributed by atoms with E-state index in [2.05, 4.69) is 29.0 Å². The fraction of sp³-hybridized carbons (Fsp3) is 0.286. The highest BCUT2D eigenvalue weighted by atomic mass is 16.5. The van der Waals surface area contributed by atoms with E-state index < -0.39 is 5.97 Å². The van der Waals surface area contributed by atoms with Crippen LogP contribution in [0.5, 0.6) is 11.5 Å². The highest BCUT2D eigenvalue weighted by Gasteiger charge is 2.30. The largest absolute Gasteiger partial charge is 0.478 e. The summed E-state index contributed by atoms with van der Waals surface area (Å²) in [5.74, 6) is 0.523. The molecule has 1 saturated heterocycles. The summed E-state index contributed by atoms with van der Waals surface area (Å²) in [6.45, 7) is 6.98. The molecule has 182 valence electrons. The Labute approximate surface area is 205 Å². The van der Waals surface area contributed by atoms with Crippen LogP contribution < -0.4 is 10.1 Å². The predicted molar refractivity (Wildman–Crippen MR) is 136 cm³/mol. The number of hydrogen-bond donors (Lipinski definition) is 2. The van der Waals surface area contributed by atoms with Gasteiger partial charge in [-0.2, -0.15) is 0 Å². The van der Waals surface area contributed by atoms with E-state index in [0.29, 0.717) is 17.9 Å². The Bertz CT molecular complexity index is 1120. The SMILES string of the molecule is CC1CN(CC(=O)Nc2ccc(Oc3ccccc3)cc2)CC(C)N1Cc1ccc(C(=O)O)cc1. The number of nitrogens with one attached hydrogen (secondary N) is 1. The summed E-state index contributed by atoms with van der Waals surface area (Å²) in [5, 5.41) is 12.1. The van der Waals surface area contributed by atoms with Crippen molar-refractivity contribution in [2.75, 3.05) is 25.0 Å². The van der Waals surface area contributed by atoms with Crippen LogP contribution in [0.15, 0.2) is 78.9 Å². The Kier molecular flexibility index (Phi) is 7.80. The van der Waals surface area contributed by atoms with Gasteiger partial charge in [0.2, 0.25) is 5.91 Å². The smallest absolute Gasteiger partial charge is 0.335 e. The topological polar surface area (TPSA) is 82.1 Å². The van der Waals surface area contributed by atoms with Gasteiger partial charge in [-0.1, -0.05) is 30.3 Å². The number of piperazine rings is 1. The third-order valence-electron chi connectivity index (χ3n) is 6.23. The Balaban J connectivity index is 1.27. The first kappa shape index (κ1) is 24.4. The lowest BCUT2D eigenvalue weighted by atomic mass is 10.0. The Morgan fingerprint density at radius 1 is 0.886 bits per heavy atom. The maximum atomic E-state index is 12.7. The number of para-hydroxylation sites is 1. The summed E-state index contributed by atoms with van der Waals surface area (Å²) in [7, 11) is 0. The van der Waals surface area contributed by atoms with Gasteiger partial charge >= 0.3 is 5.97 Å². The molecule has 3 aromatic carbocycles. The number of hydrogen-bond acceptors (Lipinski definition) is 5. The molecule has 1 fully saturated rings. The Morgan fingerprint density at radius 2 is 1.49 bits per heavy atom. The molecule has 0 spiro atoms. The molecule has 0 aromatic heterocycles. The van der Waals surface area contributed by atoms with Crippen molar-refractivity contribution in [1.82, 2.24) is 9.80 Å². The van der Waals surface area contributed by atoms with E-state index in [1.165, 1.54) is 0 Å². The second kappa shape index (κ2) is 11.2. The number of carboxylic acids is 1. The lowest BCUT2D eigenvalue weighted by Crippen LogP contribution is -2.57. The number of rotatable bonds is 8. The van der Waals surface area contributed by atoms with Crippen LogP contribution in [0.3, 0.4) is 0 Å². The highest BCUT2D eigenvalue weighted by Crippen LogP contribution is 2.23. The molecule has 3 aromatic rings. The van der Waals surface area contributed by atoms with Gasteiger partial charge in [-0.05, 0) is 67.9 Å². The van der Waals surface area contributed by atoms with Crippen LogP contribution in [0, 0.1) is 0 Å². The summed E-state index contributed by atoms with van der Waals surface area (Å²) in [6.07, 6.45) is 0. The number of carbonyl (C=O) groups is 2. The van der Waals surface area contributed by atoms with Gasteiger partial charge in [0, 0.05) is 37.4 Å². The molecule has 0 saturated carbocycles. The van der Waals surface area contributed by atoms with Crippen molar-refractivity contribution < 1.29 is 19.4 Å². The van der Waals surface area contributed by atoms with E-state index in [9.17, 15) is 9.59 Å². The molecule has 0 bridgehead atoms. The third-order valence-corrected chi connectivity index (χ3v) is 6.23. The Hall–Kier alpha value is -3.68. The van der Waals surface area contributed by atoms with E-state index in [1.807, 2.05) is 66.7 Å². The standard InChI is InChI=1S/C28H31N3O4/c1-20-16-30(17-21(2)31(20)18-22-8-10-23(11-9-22)28(33)34)19-27(32)29-24-12-14-26(15-13-24)35-25-6-4-3-5-7-25/h3-15,20-21H,16-19H2,1-2H3,(H,29,32)(H,33,34). The molecule has 4 rings (SSSR count). The van der Waals surface area contributed by atoms with E-state index in [0.717, 1.165) is 36.6 Å². The zero-order chi connectivity index (χ0) is 24.8. The molecule has 2 N–H and O–H groups in total. The van der Waals surface area contributed by atoms with Crippen molar-refractivity contribution in [3.63, 3.8) is 0 Å². The van der Waals surface area contributed by atoms with Crippen molar-refractivity contribution in [3.8, 4) is 11.5 Å². The number of nitrogens with zero attached hydrogens (tertiary/aromatic N) is 2. The number of benzene rings is 3. The van der Waals surface area contributed by atoms with Gasteiger partial charge in [0.25, 0.3) is 0 Å². The van der Waals surface area contributed by atoms with Crippen LogP contribution in [0.1, 0.15) is 29.8 Å². The summed E-state index contributed by atoms with van der Waals surface area (Å²) in [6, 6.07) is 24.5. The molecule has 0 aliphatic carbocycles. The monoisotopic (exact) mass is 473 g/mol. The van der Waals surface area contributed by atoms with Gasteiger partial charge in [-0.15, -0.1) is 0 Å². The first-order chi connectivity index (χ1) is 16.9. The molecule has 0 radical (unpaired) electrons. The van der Waals surface area contributed by atoms with Crippen molar-refractivity contribution in [2.24, 2.45) is 0 Å². The molecule has 1 amide bonds. The van der Waals surface area contributed by atoms with Crippen LogP contribution >= 0.6 is 0 Å². The van der Waals surface area contributed by atoms with Crippen molar-refractivity contribution >= 4 is 17.6 Å². The molecule has 35 heavy (non-hydrogen) atoms. The second-order valence-corrected chi connectivity index (χ2v) is 9.05. The number of carbonyl (C=O) groups excluding carboxylic acids is 1. The van der Waals surface area contributed by atoms with E-state index in [4.69, 9.17) is 9.84 Å². The minimum absolute atomic E-state index is 0.0427. The van der Waals surface area contributed by atoms with Crippen LogP contribution in [-0.2, 0) is 11.3 Å².